The Labute approximate surface area is 153 Å². The number of benzene rings is 2. The van der Waals surface area contributed by atoms with Gasteiger partial charge in [0.25, 0.3) is 0 Å². The summed E-state index contributed by atoms with van der Waals surface area (Å²) in [6.45, 7) is 13.0. The summed E-state index contributed by atoms with van der Waals surface area (Å²) in [5, 5.41) is 0. The molecular formula is C23H32N2. The summed E-state index contributed by atoms with van der Waals surface area (Å²) in [5.74, 6) is 0. The molecule has 0 aromatic heterocycles. The van der Waals surface area contributed by atoms with Crippen molar-refractivity contribution in [3.63, 3.8) is 0 Å². The molecule has 25 heavy (non-hydrogen) atoms. The van der Waals surface area contributed by atoms with Gasteiger partial charge in [-0.3, -0.25) is 0 Å². The van der Waals surface area contributed by atoms with Crippen molar-refractivity contribution in [2.24, 2.45) is 0 Å². The molecule has 2 aromatic carbocycles. The fraction of sp³-hybridized carbons (Fsp3) is 0.391. The SMILES string of the molecule is CCN(CC)c1ccc(C=CCc2ccc(N(CC)CC)cc2)cc1. The topological polar surface area (TPSA) is 6.48 Å². The van der Waals surface area contributed by atoms with Crippen LogP contribution in [-0.4, -0.2) is 26.2 Å². The molecule has 0 spiro atoms. The predicted octanol–water partition coefficient (Wildman–Crippen LogP) is 5.63. The summed E-state index contributed by atoms with van der Waals surface area (Å²) in [5.41, 5.74) is 5.22. The third-order valence-electron chi connectivity index (χ3n) is 4.75. The summed E-state index contributed by atoms with van der Waals surface area (Å²) >= 11 is 0. The molecule has 0 unspecified atom stereocenters. The van der Waals surface area contributed by atoms with Crippen LogP contribution < -0.4 is 9.80 Å². The summed E-state index contributed by atoms with van der Waals surface area (Å²) in [6, 6.07) is 17.8. The van der Waals surface area contributed by atoms with Crippen LogP contribution in [0, 0.1) is 0 Å². The minimum Gasteiger partial charge on any atom is -0.372 e. The van der Waals surface area contributed by atoms with Crippen LogP contribution in [0.2, 0.25) is 0 Å². The second-order valence-electron chi connectivity index (χ2n) is 6.21. The van der Waals surface area contributed by atoms with E-state index in [1.807, 2.05) is 0 Å². The average molecular weight is 337 g/mol. The maximum absolute atomic E-state index is 2.37. The Hall–Kier alpha value is -2.22. The molecule has 0 fully saturated rings. The van der Waals surface area contributed by atoms with E-state index in [1.165, 1.54) is 22.5 Å². The van der Waals surface area contributed by atoms with Gasteiger partial charge in [-0.25, -0.2) is 0 Å². The molecule has 0 amide bonds. The van der Waals surface area contributed by atoms with Crippen LogP contribution in [0.3, 0.4) is 0 Å². The first-order valence-electron chi connectivity index (χ1n) is 9.57. The monoisotopic (exact) mass is 336 g/mol. The summed E-state index contributed by atoms with van der Waals surface area (Å²) in [4.78, 5) is 4.74. The fourth-order valence-corrected chi connectivity index (χ4v) is 3.15. The zero-order chi connectivity index (χ0) is 18.1. The number of anilines is 2. The van der Waals surface area contributed by atoms with Gasteiger partial charge in [0.15, 0.2) is 0 Å². The van der Waals surface area contributed by atoms with E-state index in [4.69, 9.17) is 0 Å². The lowest BCUT2D eigenvalue weighted by Crippen LogP contribution is -2.21. The number of allylic oxidation sites excluding steroid dienone is 1. The Bertz CT molecular complexity index is 633. The van der Waals surface area contributed by atoms with Crippen LogP contribution in [0.5, 0.6) is 0 Å². The van der Waals surface area contributed by atoms with Crippen molar-refractivity contribution in [2.45, 2.75) is 34.1 Å². The van der Waals surface area contributed by atoms with E-state index in [2.05, 4.69) is 98.2 Å². The smallest absolute Gasteiger partial charge is 0.0366 e. The van der Waals surface area contributed by atoms with E-state index in [1.54, 1.807) is 0 Å². The van der Waals surface area contributed by atoms with Crippen LogP contribution >= 0.6 is 0 Å². The Morgan fingerprint density at radius 1 is 0.640 bits per heavy atom. The van der Waals surface area contributed by atoms with Gasteiger partial charge < -0.3 is 9.80 Å². The first kappa shape index (κ1) is 19.1. The fourth-order valence-electron chi connectivity index (χ4n) is 3.15. The van der Waals surface area contributed by atoms with Gasteiger partial charge >= 0.3 is 0 Å². The van der Waals surface area contributed by atoms with Crippen molar-refractivity contribution < 1.29 is 0 Å². The van der Waals surface area contributed by atoms with Gasteiger partial charge in [-0.05, 0) is 69.5 Å². The quantitative estimate of drug-likeness (QED) is 0.585. The van der Waals surface area contributed by atoms with Crippen LogP contribution in [0.25, 0.3) is 6.08 Å². The minimum atomic E-state index is 0.969. The highest BCUT2D eigenvalue weighted by Gasteiger charge is 2.01. The molecule has 2 rings (SSSR count). The molecule has 0 saturated heterocycles. The van der Waals surface area contributed by atoms with Gasteiger partial charge in [0, 0.05) is 37.6 Å². The van der Waals surface area contributed by atoms with Crippen molar-refractivity contribution in [3.8, 4) is 0 Å². The second kappa shape index (κ2) is 9.93. The number of hydrogen-bond acceptors (Lipinski definition) is 2. The van der Waals surface area contributed by atoms with E-state index in [0.717, 1.165) is 32.6 Å². The van der Waals surface area contributed by atoms with E-state index in [0.29, 0.717) is 0 Å². The molecule has 134 valence electrons. The van der Waals surface area contributed by atoms with Crippen LogP contribution in [0.4, 0.5) is 11.4 Å². The maximum atomic E-state index is 2.37. The average Bonchev–Trinajstić information content (AvgIpc) is 2.66. The van der Waals surface area contributed by atoms with Gasteiger partial charge in [-0.2, -0.15) is 0 Å². The number of rotatable bonds is 9. The second-order valence-corrected chi connectivity index (χ2v) is 6.21. The number of hydrogen-bond donors (Lipinski definition) is 0. The first-order chi connectivity index (χ1) is 12.2. The van der Waals surface area contributed by atoms with Crippen molar-refractivity contribution >= 4 is 17.5 Å². The van der Waals surface area contributed by atoms with E-state index < -0.39 is 0 Å². The molecule has 2 heteroatoms. The van der Waals surface area contributed by atoms with E-state index in [9.17, 15) is 0 Å². The van der Waals surface area contributed by atoms with Gasteiger partial charge in [-0.15, -0.1) is 0 Å². The molecule has 0 N–H and O–H groups in total. The van der Waals surface area contributed by atoms with E-state index in [-0.39, 0.29) is 0 Å². The molecular weight excluding hydrogens is 304 g/mol. The van der Waals surface area contributed by atoms with Crippen molar-refractivity contribution in [3.05, 3.63) is 65.7 Å². The van der Waals surface area contributed by atoms with Gasteiger partial charge in [0.1, 0.15) is 0 Å². The van der Waals surface area contributed by atoms with Gasteiger partial charge in [-0.1, -0.05) is 36.4 Å². The third kappa shape index (κ3) is 5.38. The Morgan fingerprint density at radius 2 is 1.08 bits per heavy atom. The highest BCUT2D eigenvalue weighted by atomic mass is 15.1. The molecule has 0 aliphatic heterocycles. The van der Waals surface area contributed by atoms with Crippen LogP contribution in [0.15, 0.2) is 54.6 Å². The lowest BCUT2D eigenvalue weighted by Gasteiger charge is -2.21. The van der Waals surface area contributed by atoms with Crippen molar-refractivity contribution in [1.82, 2.24) is 0 Å². The molecule has 2 nitrogen and oxygen atoms in total. The predicted molar refractivity (Wildman–Crippen MR) is 113 cm³/mol. The number of nitrogens with zero attached hydrogens (tertiary/aromatic N) is 2. The first-order valence-corrected chi connectivity index (χ1v) is 9.57. The molecule has 0 bridgehead atoms. The zero-order valence-electron chi connectivity index (χ0n) is 16.2. The molecule has 0 aliphatic rings. The third-order valence-corrected chi connectivity index (χ3v) is 4.75. The molecule has 0 radical (unpaired) electrons. The molecule has 0 atom stereocenters. The normalized spacial score (nSPS) is 11.0. The molecule has 2 aromatic rings. The lowest BCUT2D eigenvalue weighted by atomic mass is 10.1. The maximum Gasteiger partial charge on any atom is 0.0366 e. The van der Waals surface area contributed by atoms with Gasteiger partial charge in [0.2, 0.25) is 0 Å². The molecule has 0 aliphatic carbocycles. The Balaban J connectivity index is 1.94. The summed E-state index contributed by atoms with van der Waals surface area (Å²) < 4.78 is 0. The lowest BCUT2D eigenvalue weighted by molar-refractivity contribution is 0.866. The molecule has 0 heterocycles. The van der Waals surface area contributed by atoms with Crippen LogP contribution in [-0.2, 0) is 6.42 Å². The highest BCUT2D eigenvalue weighted by molar-refractivity contribution is 5.56. The highest BCUT2D eigenvalue weighted by Crippen LogP contribution is 2.17. The largest absolute Gasteiger partial charge is 0.372 e. The van der Waals surface area contributed by atoms with Crippen molar-refractivity contribution in [2.75, 3.05) is 36.0 Å². The minimum absolute atomic E-state index is 0.969. The van der Waals surface area contributed by atoms with Crippen molar-refractivity contribution in [1.29, 1.82) is 0 Å². The zero-order valence-corrected chi connectivity index (χ0v) is 16.2. The standard InChI is InChI=1S/C23H32N2/c1-5-24(6-2)22-16-12-20(13-17-22)10-9-11-21-14-18-23(19-15-21)25(7-3)8-4/h9-10,12-19H,5-8,11H2,1-4H3. The Morgan fingerprint density at radius 3 is 1.52 bits per heavy atom. The van der Waals surface area contributed by atoms with Crippen LogP contribution in [0.1, 0.15) is 38.8 Å². The van der Waals surface area contributed by atoms with E-state index >= 15 is 0 Å². The summed E-state index contributed by atoms with van der Waals surface area (Å²) in [6.07, 6.45) is 5.43. The summed E-state index contributed by atoms with van der Waals surface area (Å²) in [7, 11) is 0. The van der Waals surface area contributed by atoms with Gasteiger partial charge in [0.05, 0.1) is 0 Å². The molecule has 0 saturated carbocycles. The Kier molecular flexibility index (Phi) is 7.59.